The highest BCUT2D eigenvalue weighted by Gasteiger charge is 2.23. The van der Waals surface area contributed by atoms with Crippen LogP contribution in [0.15, 0.2) is 29.0 Å². The lowest BCUT2D eigenvalue weighted by atomic mass is 10.3. The fraction of sp³-hybridized carbons (Fsp3) is 0.182. The number of pyridine rings is 1. The second kappa shape index (κ2) is 5.64. The van der Waals surface area contributed by atoms with Crippen molar-refractivity contribution in [2.75, 3.05) is 0 Å². The van der Waals surface area contributed by atoms with Gasteiger partial charge in [0.05, 0.1) is 17.2 Å². The van der Waals surface area contributed by atoms with E-state index in [-0.39, 0.29) is 10.8 Å². The third-order valence-corrected chi connectivity index (χ3v) is 3.80. The number of aliphatic hydroxyl groups excluding tert-OH is 1. The van der Waals surface area contributed by atoms with Crippen molar-refractivity contribution in [2.45, 2.75) is 13.0 Å². The van der Waals surface area contributed by atoms with Gasteiger partial charge >= 0.3 is 5.69 Å². The molecule has 0 unspecified atom stereocenters. The van der Waals surface area contributed by atoms with Crippen molar-refractivity contribution in [3.8, 4) is 10.8 Å². The lowest BCUT2D eigenvalue weighted by molar-refractivity contribution is -0.385. The third kappa shape index (κ3) is 3.28. The van der Waals surface area contributed by atoms with Crippen LogP contribution in [0.4, 0.5) is 5.69 Å². The largest absolute Gasteiger partial charge is 0.438 e. The van der Waals surface area contributed by atoms with Crippen molar-refractivity contribution in [1.29, 1.82) is 0 Å². The first-order valence-corrected chi connectivity index (χ1v) is 6.83. The van der Waals surface area contributed by atoms with Crippen LogP contribution in [-0.2, 0) is 0 Å². The van der Waals surface area contributed by atoms with Gasteiger partial charge in [-0.3, -0.25) is 15.1 Å². The zero-order valence-corrected chi connectivity index (χ0v) is 12.1. The van der Waals surface area contributed by atoms with Crippen LogP contribution < -0.4 is 4.74 Å². The van der Waals surface area contributed by atoms with Crippen LogP contribution >= 0.6 is 27.3 Å². The molecule has 6 nitrogen and oxygen atoms in total. The van der Waals surface area contributed by atoms with E-state index >= 15 is 0 Å². The van der Waals surface area contributed by atoms with E-state index in [1.165, 1.54) is 12.3 Å². The van der Waals surface area contributed by atoms with Crippen molar-refractivity contribution >= 4 is 33.0 Å². The van der Waals surface area contributed by atoms with E-state index in [4.69, 9.17) is 4.74 Å². The van der Waals surface area contributed by atoms with Gasteiger partial charge in [-0.2, -0.15) is 0 Å². The first-order chi connectivity index (χ1) is 8.97. The third-order valence-electron chi connectivity index (χ3n) is 2.20. The molecule has 0 radical (unpaired) electrons. The average molecular weight is 345 g/mol. The van der Waals surface area contributed by atoms with E-state index in [9.17, 15) is 15.2 Å². The highest BCUT2D eigenvalue weighted by atomic mass is 79.9. The van der Waals surface area contributed by atoms with E-state index in [1.807, 2.05) is 0 Å². The van der Waals surface area contributed by atoms with Crippen LogP contribution in [-0.4, -0.2) is 15.0 Å². The second-order valence-electron chi connectivity index (χ2n) is 3.70. The van der Waals surface area contributed by atoms with Gasteiger partial charge in [-0.15, -0.1) is 0 Å². The van der Waals surface area contributed by atoms with Gasteiger partial charge in [0, 0.05) is 21.6 Å². The van der Waals surface area contributed by atoms with Crippen LogP contribution in [0, 0.1) is 10.1 Å². The maximum absolute atomic E-state index is 10.9. The molecule has 0 aliphatic heterocycles. The maximum Gasteiger partial charge on any atom is 0.323 e. The highest BCUT2D eigenvalue weighted by molar-refractivity contribution is 9.10. The number of thiophene rings is 1. The van der Waals surface area contributed by atoms with Gasteiger partial charge in [-0.05, 0) is 28.9 Å². The Bertz CT molecular complexity index is 614. The first kappa shape index (κ1) is 13.9. The molecule has 0 bridgehead atoms. The molecule has 2 rings (SSSR count). The first-order valence-electron chi connectivity index (χ1n) is 5.22. The number of halogens is 1. The van der Waals surface area contributed by atoms with E-state index in [0.717, 1.165) is 11.3 Å². The Kier molecular flexibility index (Phi) is 4.13. The minimum absolute atomic E-state index is 0.126. The number of hydrogen-bond acceptors (Lipinski definition) is 6. The number of aromatic nitrogens is 1. The average Bonchev–Trinajstić information content (AvgIpc) is 2.73. The summed E-state index contributed by atoms with van der Waals surface area (Å²) in [6.07, 6.45) is 2.26. The molecule has 0 fully saturated rings. The molecule has 0 spiro atoms. The lowest BCUT2D eigenvalue weighted by Gasteiger charge is -2.02. The number of nitro groups is 1. The van der Waals surface area contributed by atoms with E-state index in [0.29, 0.717) is 15.1 Å². The summed E-state index contributed by atoms with van der Waals surface area (Å²) in [6.45, 7) is 1.54. The molecule has 19 heavy (non-hydrogen) atoms. The minimum atomic E-state index is -0.776. The second-order valence-corrected chi connectivity index (χ2v) is 5.66. The van der Waals surface area contributed by atoms with Gasteiger partial charge in [0.25, 0.3) is 5.06 Å². The molecule has 0 saturated heterocycles. The van der Waals surface area contributed by atoms with Crippen molar-refractivity contribution in [2.24, 2.45) is 0 Å². The molecule has 0 aromatic carbocycles. The van der Waals surface area contributed by atoms with Crippen molar-refractivity contribution < 1.29 is 14.8 Å². The quantitative estimate of drug-likeness (QED) is 0.675. The minimum Gasteiger partial charge on any atom is -0.438 e. The molecule has 1 atom stereocenters. The van der Waals surface area contributed by atoms with Gasteiger partial charge < -0.3 is 9.84 Å². The summed E-state index contributed by atoms with van der Waals surface area (Å²) in [7, 11) is 0. The number of rotatable bonds is 4. The molecule has 1 N–H and O–H groups in total. The van der Waals surface area contributed by atoms with Crippen molar-refractivity contribution in [3.05, 3.63) is 44.0 Å². The Morgan fingerprint density at radius 2 is 2.26 bits per heavy atom. The summed E-state index contributed by atoms with van der Waals surface area (Å²) in [5.74, 6) is 0.386. The summed E-state index contributed by atoms with van der Waals surface area (Å²) in [5, 5.41) is 20.5. The van der Waals surface area contributed by atoms with E-state index in [2.05, 4.69) is 20.9 Å². The van der Waals surface area contributed by atoms with E-state index in [1.54, 1.807) is 19.2 Å². The summed E-state index contributed by atoms with van der Waals surface area (Å²) in [4.78, 5) is 14.8. The Balaban J connectivity index is 2.36. The molecule has 2 aromatic heterocycles. The zero-order valence-electron chi connectivity index (χ0n) is 9.74. The Morgan fingerprint density at radius 3 is 2.84 bits per heavy atom. The van der Waals surface area contributed by atoms with Crippen LogP contribution in [0.5, 0.6) is 10.8 Å². The molecule has 8 heteroatoms. The molecule has 2 aromatic rings. The Labute approximate surface area is 121 Å². The van der Waals surface area contributed by atoms with Gasteiger partial charge in [0.2, 0.25) is 0 Å². The number of nitrogens with zero attached hydrogens (tertiary/aromatic N) is 2. The number of hydrogen-bond donors (Lipinski definition) is 1. The lowest BCUT2D eigenvalue weighted by Crippen LogP contribution is -1.90. The van der Waals surface area contributed by atoms with Crippen LogP contribution in [0.2, 0.25) is 0 Å². The topological polar surface area (TPSA) is 85.5 Å². The summed E-state index contributed by atoms with van der Waals surface area (Å²) in [6, 6.07) is 2.97. The Hall–Kier alpha value is -1.51. The number of ether oxygens (including phenoxy) is 1. The molecular formula is C11H9BrN2O4S. The molecule has 0 aliphatic carbocycles. The maximum atomic E-state index is 10.9. The normalized spacial score (nSPS) is 12.2. The number of aliphatic hydroxyl groups is 1. The van der Waals surface area contributed by atoms with Crippen LogP contribution in [0.25, 0.3) is 0 Å². The van der Waals surface area contributed by atoms with Crippen LogP contribution in [0.1, 0.15) is 17.9 Å². The predicted octanol–water partition coefficient (Wildman–Crippen LogP) is 3.66. The summed E-state index contributed by atoms with van der Waals surface area (Å²) >= 11 is 4.28. The predicted molar refractivity (Wildman–Crippen MR) is 73.6 cm³/mol. The highest BCUT2D eigenvalue weighted by Crippen LogP contribution is 2.41. The van der Waals surface area contributed by atoms with Gasteiger partial charge in [-0.1, -0.05) is 11.3 Å². The molecule has 100 valence electrons. The van der Waals surface area contributed by atoms with Gasteiger partial charge in [0.15, 0.2) is 0 Å². The zero-order chi connectivity index (χ0) is 14.0. The summed E-state index contributed by atoms with van der Waals surface area (Å²) in [5.41, 5.74) is -0.166. The molecule has 0 saturated carbocycles. The monoisotopic (exact) mass is 344 g/mol. The molecule has 2 heterocycles. The van der Waals surface area contributed by atoms with Crippen LogP contribution in [0.3, 0.4) is 0 Å². The molecule has 0 amide bonds. The SMILES string of the molecule is C[C@H](O)c1cc([N+](=O)[O-])c(Oc2cncc(Br)c2)s1. The Morgan fingerprint density at radius 1 is 1.53 bits per heavy atom. The fourth-order valence-electron chi connectivity index (χ4n) is 1.34. The molecule has 0 aliphatic rings. The van der Waals surface area contributed by atoms with E-state index < -0.39 is 11.0 Å². The molecular weight excluding hydrogens is 336 g/mol. The van der Waals surface area contributed by atoms with Gasteiger partial charge in [0.1, 0.15) is 5.75 Å². The fourth-order valence-corrected chi connectivity index (χ4v) is 2.62. The summed E-state index contributed by atoms with van der Waals surface area (Å²) < 4.78 is 6.16. The standard InChI is InChI=1S/C11H9BrN2O4S/c1-6(15)10-3-9(14(16)17)11(19-10)18-8-2-7(12)4-13-5-8/h2-6,15H,1H3/t6-/m0/s1. The van der Waals surface area contributed by atoms with Gasteiger partial charge in [-0.25, -0.2) is 0 Å². The van der Waals surface area contributed by atoms with Crippen molar-refractivity contribution in [1.82, 2.24) is 4.98 Å². The smallest absolute Gasteiger partial charge is 0.323 e. The van der Waals surface area contributed by atoms with Crippen molar-refractivity contribution in [3.63, 3.8) is 0 Å².